The number of nitrogens with one attached hydrogen (secondary N) is 2. The van der Waals surface area contributed by atoms with E-state index >= 15 is 0 Å². The van der Waals surface area contributed by atoms with Crippen molar-refractivity contribution >= 4 is 75.4 Å². The van der Waals surface area contributed by atoms with Gasteiger partial charge in [0.2, 0.25) is 11.8 Å². The molecule has 3 heterocycles. The molecule has 1 aromatic heterocycles. The Balaban J connectivity index is 1.36. The molecule has 2 aliphatic heterocycles. The molecule has 2 unspecified atom stereocenters. The number of anilines is 2. The van der Waals surface area contributed by atoms with Gasteiger partial charge in [0.25, 0.3) is 5.91 Å². The van der Waals surface area contributed by atoms with Crippen molar-refractivity contribution in [2.24, 2.45) is 5.92 Å². The maximum absolute atomic E-state index is 13.9. The van der Waals surface area contributed by atoms with Gasteiger partial charge in [-0.15, -0.1) is 0 Å². The van der Waals surface area contributed by atoms with E-state index in [0.717, 1.165) is 28.0 Å². The third-order valence-corrected chi connectivity index (χ3v) is 9.59. The molecule has 0 saturated carbocycles. The first-order chi connectivity index (χ1) is 19.7. The summed E-state index contributed by atoms with van der Waals surface area (Å²) >= 11 is 14.5. The van der Waals surface area contributed by atoms with Gasteiger partial charge in [-0.25, -0.2) is 9.29 Å². The number of thioether (sulfide) groups is 1. The predicted octanol–water partition coefficient (Wildman–Crippen LogP) is 5.70. The maximum atomic E-state index is 13.9. The average Bonchev–Trinajstić information content (AvgIpc) is 3.44. The van der Waals surface area contributed by atoms with Crippen LogP contribution in [0, 0.1) is 11.7 Å². The summed E-state index contributed by atoms with van der Waals surface area (Å²) in [4.78, 5) is 56.8. The molecule has 4 aromatic rings. The first-order valence-electron chi connectivity index (χ1n) is 12.2. The monoisotopic (exact) mass is 629 g/mol. The van der Waals surface area contributed by atoms with Crippen LogP contribution < -0.4 is 19.8 Å². The number of hydrogen-bond acceptors (Lipinski definition) is 7. The Bertz CT molecular complexity index is 1740. The number of aromatic nitrogens is 1. The zero-order chi connectivity index (χ0) is 28.8. The second kappa shape index (κ2) is 11.0. The van der Waals surface area contributed by atoms with E-state index in [1.54, 1.807) is 42.5 Å². The van der Waals surface area contributed by atoms with Crippen molar-refractivity contribution in [3.05, 3.63) is 103 Å². The molecule has 3 aromatic carbocycles. The van der Waals surface area contributed by atoms with E-state index in [-0.39, 0.29) is 10.6 Å². The number of thiazole rings is 1. The molecule has 208 valence electrons. The van der Waals surface area contributed by atoms with Gasteiger partial charge < -0.3 is 15.0 Å². The van der Waals surface area contributed by atoms with Crippen molar-refractivity contribution in [2.45, 2.75) is 16.2 Å². The van der Waals surface area contributed by atoms with Crippen molar-refractivity contribution < 1.29 is 23.5 Å². The molecule has 8 nitrogen and oxygen atoms in total. The lowest BCUT2D eigenvalue weighted by atomic mass is 9.82. The van der Waals surface area contributed by atoms with E-state index in [2.05, 4.69) is 10.3 Å². The summed E-state index contributed by atoms with van der Waals surface area (Å²) in [6, 6.07) is 16.4. The minimum absolute atomic E-state index is 0.260. The third-order valence-electron chi connectivity index (χ3n) is 6.70. The van der Waals surface area contributed by atoms with Crippen LogP contribution in [0.3, 0.4) is 0 Å². The van der Waals surface area contributed by atoms with Gasteiger partial charge in [-0.05, 0) is 66.7 Å². The Morgan fingerprint density at radius 2 is 1.68 bits per heavy atom. The molecule has 0 aliphatic carbocycles. The summed E-state index contributed by atoms with van der Waals surface area (Å²) in [5.41, 5.74) is 1.23. The second-order valence-electron chi connectivity index (χ2n) is 9.26. The van der Waals surface area contributed by atoms with Gasteiger partial charge in [0, 0.05) is 32.1 Å². The minimum atomic E-state index is -0.879. The minimum Gasteiger partial charge on any atom is -0.483 e. The van der Waals surface area contributed by atoms with Crippen molar-refractivity contribution in [2.75, 3.05) is 16.8 Å². The molecule has 0 radical (unpaired) electrons. The van der Waals surface area contributed by atoms with E-state index in [4.69, 9.17) is 27.9 Å². The summed E-state index contributed by atoms with van der Waals surface area (Å²) in [5.74, 6) is -3.17. The predicted molar refractivity (Wildman–Crippen MR) is 156 cm³/mol. The van der Waals surface area contributed by atoms with Gasteiger partial charge in [0.15, 0.2) is 6.61 Å². The van der Waals surface area contributed by atoms with Crippen molar-refractivity contribution in [1.29, 1.82) is 0 Å². The number of imide groups is 1. The lowest BCUT2D eigenvalue weighted by Gasteiger charge is -2.31. The third kappa shape index (κ3) is 5.26. The number of aromatic amines is 1. The van der Waals surface area contributed by atoms with E-state index in [1.165, 1.54) is 24.3 Å². The van der Waals surface area contributed by atoms with Crippen LogP contribution in [-0.4, -0.2) is 34.6 Å². The highest BCUT2D eigenvalue weighted by molar-refractivity contribution is 8.00. The van der Waals surface area contributed by atoms with E-state index in [0.29, 0.717) is 36.9 Å². The number of benzene rings is 3. The smallest absolute Gasteiger partial charge is 0.305 e. The highest BCUT2D eigenvalue weighted by atomic mass is 35.5. The normalized spacial score (nSPS) is 19.6. The number of amides is 3. The number of fused-ring (bicyclic) bond motifs is 2. The summed E-state index contributed by atoms with van der Waals surface area (Å²) in [6.45, 7) is -0.401. The molecule has 13 heteroatoms. The van der Waals surface area contributed by atoms with Crippen LogP contribution in [-0.2, 0) is 14.4 Å². The van der Waals surface area contributed by atoms with Crippen LogP contribution >= 0.6 is 46.3 Å². The fraction of sp³-hybridized carbons (Fsp3) is 0.143. The molecule has 6 rings (SSSR count). The number of hydrogen-bond donors (Lipinski definition) is 2. The summed E-state index contributed by atoms with van der Waals surface area (Å²) in [7, 11) is 0. The Labute approximate surface area is 250 Å². The van der Waals surface area contributed by atoms with Crippen molar-refractivity contribution in [3.63, 3.8) is 0 Å². The van der Waals surface area contributed by atoms with Gasteiger partial charge in [-0.3, -0.25) is 19.2 Å². The number of rotatable bonds is 6. The molecular weight excluding hydrogens is 612 g/mol. The Morgan fingerprint density at radius 1 is 0.976 bits per heavy atom. The zero-order valence-electron chi connectivity index (χ0n) is 20.7. The van der Waals surface area contributed by atoms with Crippen LogP contribution in [0.25, 0.3) is 0 Å². The molecule has 41 heavy (non-hydrogen) atoms. The first-order valence-corrected chi connectivity index (χ1v) is 14.7. The van der Waals surface area contributed by atoms with Crippen molar-refractivity contribution in [1.82, 2.24) is 4.98 Å². The lowest BCUT2D eigenvalue weighted by Crippen LogP contribution is -2.32. The number of carbonyl (C=O) groups is 3. The molecule has 3 atom stereocenters. The van der Waals surface area contributed by atoms with Gasteiger partial charge in [0.05, 0.1) is 16.6 Å². The summed E-state index contributed by atoms with van der Waals surface area (Å²) in [6.07, 6.45) is 0. The summed E-state index contributed by atoms with van der Waals surface area (Å²) in [5, 5.41) is 3.09. The quantitative estimate of drug-likeness (QED) is 0.265. The number of halogens is 3. The number of carbonyl (C=O) groups excluding carboxylic acids is 3. The fourth-order valence-electron chi connectivity index (χ4n) is 4.96. The largest absolute Gasteiger partial charge is 0.483 e. The fourth-order valence-corrected chi connectivity index (χ4v) is 7.78. The SMILES string of the molecule is O=C(COc1ccc(Cl)cc1[C@H]1c2sc(=O)[nH]c2SC2C(=O)N(c3ccc(Cl)cc3)C(=O)C21)Nc1ccc(F)cc1. The number of H-pyrrole nitrogens is 1. The molecule has 3 amide bonds. The van der Waals surface area contributed by atoms with Gasteiger partial charge in [-0.1, -0.05) is 46.3 Å². The molecule has 0 bridgehead atoms. The van der Waals surface area contributed by atoms with Gasteiger partial charge >= 0.3 is 4.87 Å². The van der Waals surface area contributed by atoms with E-state index < -0.39 is 47.2 Å². The molecule has 1 saturated heterocycles. The molecule has 1 fully saturated rings. The van der Waals surface area contributed by atoms with Crippen molar-refractivity contribution in [3.8, 4) is 5.75 Å². The van der Waals surface area contributed by atoms with E-state index in [9.17, 15) is 23.6 Å². The van der Waals surface area contributed by atoms with Crippen LogP contribution in [0.1, 0.15) is 16.4 Å². The first kappa shape index (κ1) is 27.5. The van der Waals surface area contributed by atoms with Gasteiger partial charge in [0.1, 0.15) is 16.8 Å². The topological polar surface area (TPSA) is 109 Å². The highest BCUT2D eigenvalue weighted by Gasteiger charge is 2.56. The maximum Gasteiger partial charge on any atom is 0.305 e. The van der Waals surface area contributed by atoms with Gasteiger partial charge in [-0.2, -0.15) is 0 Å². The Hall–Kier alpha value is -3.64. The Kier molecular flexibility index (Phi) is 7.37. The van der Waals surface area contributed by atoms with Crippen LogP contribution in [0.5, 0.6) is 5.75 Å². The second-order valence-corrected chi connectivity index (χ2v) is 12.3. The van der Waals surface area contributed by atoms with Crippen LogP contribution in [0.15, 0.2) is 76.6 Å². The molecule has 2 aliphatic rings. The average molecular weight is 631 g/mol. The lowest BCUT2D eigenvalue weighted by molar-refractivity contribution is -0.122. The molecule has 2 N–H and O–H groups in total. The number of nitrogens with zero attached hydrogens (tertiary/aromatic N) is 1. The van der Waals surface area contributed by atoms with E-state index in [1.807, 2.05) is 0 Å². The summed E-state index contributed by atoms with van der Waals surface area (Å²) < 4.78 is 19.1. The zero-order valence-corrected chi connectivity index (χ0v) is 23.9. The highest BCUT2D eigenvalue weighted by Crippen LogP contribution is 2.54. The number of ether oxygens (including phenoxy) is 1. The molecular formula is C28H18Cl2FN3O5S2. The van der Waals surface area contributed by atoms with Crippen LogP contribution in [0.4, 0.5) is 15.8 Å². The standard InChI is InChI=1S/C28H18Cl2FN3O5S2/c29-13-1-8-17(9-2-13)34-26(36)22-21(23-25(33-28(38)41-23)40-24(22)27(34)37)18-11-14(30)3-10-19(18)39-12-20(35)32-16-6-4-15(31)5-7-16/h1-11,21-22,24H,12H2,(H,32,35)(H,33,38)/t21-,22?,24?/m1/s1. The van der Waals surface area contributed by atoms with Crippen LogP contribution in [0.2, 0.25) is 10.0 Å². The molecule has 0 spiro atoms. The Morgan fingerprint density at radius 3 is 2.41 bits per heavy atom.